The maximum Gasteiger partial charge on any atom is 0.123 e. The van der Waals surface area contributed by atoms with E-state index < -0.39 is 0 Å². The van der Waals surface area contributed by atoms with Gasteiger partial charge in [0.05, 0.1) is 7.11 Å². The predicted molar refractivity (Wildman–Crippen MR) is 83.7 cm³/mol. The minimum atomic E-state index is 0.385. The Bertz CT molecular complexity index is 402. The lowest BCUT2D eigenvalue weighted by atomic mass is 9.83. The monoisotopic (exact) mass is 325 g/mol. The van der Waals surface area contributed by atoms with Crippen LogP contribution < -0.4 is 10.1 Å². The average molecular weight is 326 g/mol. The van der Waals surface area contributed by atoms with Crippen LogP contribution in [0.3, 0.4) is 0 Å². The van der Waals surface area contributed by atoms with Crippen molar-refractivity contribution in [1.82, 2.24) is 5.32 Å². The quantitative estimate of drug-likeness (QED) is 0.848. The molecule has 0 spiro atoms. The van der Waals surface area contributed by atoms with Crippen LogP contribution in [0.2, 0.25) is 0 Å². The highest BCUT2D eigenvalue weighted by Gasteiger charge is 2.21. The van der Waals surface area contributed by atoms with Gasteiger partial charge in [0.2, 0.25) is 0 Å². The van der Waals surface area contributed by atoms with Gasteiger partial charge in [-0.15, -0.1) is 0 Å². The van der Waals surface area contributed by atoms with E-state index in [9.17, 15) is 0 Å². The molecular weight excluding hydrogens is 302 g/mol. The van der Waals surface area contributed by atoms with Gasteiger partial charge in [0, 0.05) is 16.1 Å². The van der Waals surface area contributed by atoms with Crippen LogP contribution in [0.5, 0.6) is 5.75 Å². The van der Waals surface area contributed by atoms with Gasteiger partial charge in [-0.2, -0.15) is 0 Å². The summed E-state index contributed by atoms with van der Waals surface area (Å²) in [6.07, 6.45) is 8.20. The smallest absolute Gasteiger partial charge is 0.123 e. The van der Waals surface area contributed by atoms with Gasteiger partial charge < -0.3 is 10.1 Å². The van der Waals surface area contributed by atoms with Crippen molar-refractivity contribution in [3.63, 3.8) is 0 Å². The standard InChI is InChI=1S/C16H24BrNO/c1-18-15(10-12-6-4-3-5-7-12)14-11-13(17)8-9-16(14)19-2/h8-9,11-12,15,18H,3-7,10H2,1-2H3. The fraction of sp³-hybridized carbons (Fsp3) is 0.625. The highest BCUT2D eigenvalue weighted by atomic mass is 79.9. The molecule has 1 unspecified atom stereocenters. The van der Waals surface area contributed by atoms with Gasteiger partial charge in [0.15, 0.2) is 0 Å². The van der Waals surface area contributed by atoms with Crippen molar-refractivity contribution in [2.45, 2.75) is 44.6 Å². The van der Waals surface area contributed by atoms with Gasteiger partial charge in [-0.25, -0.2) is 0 Å². The summed E-state index contributed by atoms with van der Waals surface area (Å²) in [5.41, 5.74) is 1.27. The molecule has 0 amide bonds. The Morgan fingerprint density at radius 3 is 2.68 bits per heavy atom. The molecule has 1 aliphatic rings. The van der Waals surface area contributed by atoms with Crippen LogP contribution in [-0.2, 0) is 0 Å². The molecule has 1 aliphatic carbocycles. The Balaban J connectivity index is 2.13. The number of halogens is 1. The average Bonchev–Trinajstić information content (AvgIpc) is 2.46. The summed E-state index contributed by atoms with van der Waals surface area (Å²) in [4.78, 5) is 0. The minimum Gasteiger partial charge on any atom is -0.496 e. The zero-order chi connectivity index (χ0) is 13.7. The number of rotatable bonds is 5. The topological polar surface area (TPSA) is 21.3 Å². The number of hydrogen-bond acceptors (Lipinski definition) is 2. The van der Waals surface area contributed by atoms with Crippen LogP contribution in [0.15, 0.2) is 22.7 Å². The molecule has 0 saturated heterocycles. The summed E-state index contributed by atoms with van der Waals surface area (Å²) in [5, 5.41) is 3.47. The second-order valence-electron chi connectivity index (χ2n) is 5.47. The van der Waals surface area contributed by atoms with Crippen LogP contribution in [0.1, 0.15) is 50.1 Å². The zero-order valence-electron chi connectivity index (χ0n) is 11.9. The highest BCUT2D eigenvalue weighted by molar-refractivity contribution is 9.10. The maximum absolute atomic E-state index is 5.51. The molecule has 0 aromatic heterocycles. The normalized spacial score (nSPS) is 18.3. The molecule has 0 heterocycles. The summed E-state index contributed by atoms with van der Waals surface area (Å²) in [7, 11) is 3.80. The first-order valence-electron chi connectivity index (χ1n) is 7.25. The van der Waals surface area contributed by atoms with E-state index in [0.29, 0.717) is 6.04 Å². The molecule has 0 aliphatic heterocycles. The van der Waals surface area contributed by atoms with Crippen molar-refractivity contribution in [2.24, 2.45) is 5.92 Å². The maximum atomic E-state index is 5.51. The van der Waals surface area contributed by atoms with Gasteiger partial charge in [-0.3, -0.25) is 0 Å². The number of methoxy groups -OCH3 is 1. The van der Waals surface area contributed by atoms with Crippen molar-refractivity contribution in [2.75, 3.05) is 14.2 Å². The van der Waals surface area contributed by atoms with Gasteiger partial charge in [0.1, 0.15) is 5.75 Å². The molecule has 1 saturated carbocycles. The third kappa shape index (κ3) is 3.96. The Morgan fingerprint density at radius 1 is 1.32 bits per heavy atom. The Labute approximate surface area is 125 Å². The molecule has 1 atom stereocenters. The van der Waals surface area contributed by atoms with Crippen molar-refractivity contribution >= 4 is 15.9 Å². The van der Waals surface area contributed by atoms with Gasteiger partial charge in [-0.1, -0.05) is 48.0 Å². The van der Waals surface area contributed by atoms with E-state index in [-0.39, 0.29) is 0 Å². The van der Waals surface area contributed by atoms with Crippen LogP contribution >= 0.6 is 15.9 Å². The van der Waals surface area contributed by atoms with Crippen molar-refractivity contribution < 1.29 is 4.74 Å². The first-order chi connectivity index (χ1) is 9.24. The lowest BCUT2D eigenvalue weighted by molar-refractivity contribution is 0.301. The lowest BCUT2D eigenvalue weighted by Gasteiger charge is -2.27. The Morgan fingerprint density at radius 2 is 2.05 bits per heavy atom. The molecule has 2 nitrogen and oxygen atoms in total. The molecule has 3 heteroatoms. The van der Waals surface area contributed by atoms with Crippen LogP contribution in [0, 0.1) is 5.92 Å². The molecule has 2 rings (SSSR count). The number of hydrogen-bond donors (Lipinski definition) is 1. The summed E-state index contributed by atoms with van der Waals surface area (Å²) in [5.74, 6) is 1.84. The molecule has 1 fully saturated rings. The summed E-state index contributed by atoms with van der Waals surface area (Å²) in [6.45, 7) is 0. The van der Waals surface area contributed by atoms with Crippen LogP contribution in [0.25, 0.3) is 0 Å². The van der Waals surface area contributed by atoms with Gasteiger partial charge in [0.25, 0.3) is 0 Å². The molecule has 1 aromatic rings. The first-order valence-corrected chi connectivity index (χ1v) is 8.04. The second kappa shape index (κ2) is 7.30. The van der Waals surface area contributed by atoms with E-state index in [0.717, 1.165) is 16.1 Å². The van der Waals surface area contributed by atoms with E-state index in [1.54, 1.807) is 7.11 Å². The predicted octanol–water partition coefficient (Wildman–Crippen LogP) is 4.69. The number of ether oxygens (including phenoxy) is 1. The molecule has 106 valence electrons. The van der Waals surface area contributed by atoms with E-state index in [1.807, 2.05) is 19.2 Å². The number of nitrogens with one attached hydrogen (secondary N) is 1. The van der Waals surface area contributed by atoms with Gasteiger partial charge in [-0.05, 0) is 37.6 Å². The molecule has 19 heavy (non-hydrogen) atoms. The largest absolute Gasteiger partial charge is 0.496 e. The molecular formula is C16H24BrNO. The fourth-order valence-corrected chi connectivity index (χ4v) is 3.51. The van der Waals surface area contributed by atoms with Crippen molar-refractivity contribution in [3.8, 4) is 5.75 Å². The van der Waals surface area contributed by atoms with Crippen LogP contribution in [-0.4, -0.2) is 14.2 Å². The van der Waals surface area contributed by atoms with Crippen molar-refractivity contribution in [3.05, 3.63) is 28.2 Å². The van der Waals surface area contributed by atoms with E-state index in [2.05, 4.69) is 27.3 Å². The summed E-state index contributed by atoms with van der Waals surface area (Å²) >= 11 is 3.56. The molecule has 0 bridgehead atoms. The SMILES string of the molecule is CNC(CC1CCCCC1)c1cc(Br)ccc1OC. The van der Waals surface area contributed by atoms with E-state index in [4.69, 9.17) is 4.74 Å². The fourth-order valence-electron chi connectivity index (χ4n) is 3.13. The van der Waals surface area contributed by atoms with Gasteiger partial charge >= 0.3 is 0 Å². The van der Waals surface area contributed by atoms with Crippen molar-refractivity contribution in [1.29, 1.82) is 0 Å². The minimum absolute atomic E-state index is 0.385. The third-order valence-electron chi connectivity index (χ3n) is 4.21. The first kappa shape index (κ1) is 14.9. The molecule has 0 radical (unpaired) electrons. The Hall–Kier alpha value is -0.540. The third-order valence-corrected chi connectivity index (χ3v) is 4.70. The van der Waals surface area contributed by atoms with Crippen LogP contribution in [0.4, 0.5) is 0 Å². The van der Waals surface area contributed by atoms with E-state index >= 15 is 0 Å². The highest BCUT2D eigenvalue weighted by Crippen LogP contribution is 2.36. The molecule has 1 aromatic carbocycles. The molecule has 1 N–H and O–H groups in total. The van der Waals surface area contributed by atoms with E-state index in [1.165, 1.54) is 44.1 Å². The second-order valence-corrected chi connectivity index (χ2v) is 6.38. The lowest BCUT2D eigenvalue weighted by Crippen LogP contribution is -2.21. The zero-order valence-corrected chi connectivity index (χ0v) is 13.5. The summed E-state index contributed by atoms with van der Waals surface area (Å²) < 4.78 is 6.63. The Kier molecular flexibility index (Phi) is 5.71. The summed E-state index contributed by atoms with van der Waals surface area (Å²) in [6, 6.07) is 6.65. The number of benzene rings is 1.